The molecule has 1 atom stereocenters. The van der Waals surface area contributed by atoms with Crippen molar-refractivity contribution >= 4 is 21.9 Å². The number of allylic oxidation sites excluding steroid dienone is 1. The molecule has 1 aliphatic rings. The second-order valence-electron chi connectivity index (χ2n) is 7.74. The van der Waals surface area contributed by atoms with E-state index in [9.17, 15) is 10.1 Å². The van der Waals surface area contributed by atoms with E-state index in [2.05, 4.69) is 22.0 Å². The van der Waals surface area contributed by atoms with Gasteiger partial charge >= 0.3 is 5.97 Å². The van der Waals surface area contributed by atoms with Gasteiger partial charge in [-0.25, -0.2) is 4.79 Å². The van der Waals surface area contributed by atoms with Crippen LogP contribution in [0.15, 0.2) is 76.6 Å². The Bertz CT molecular complexity index is 1350. The fourth-order valence-corrected chi connectivity index (χ4v) is 4.26. The molecule has 3 aromatic carbocycles. The highest BCUT2D eigenvalue weighted by atomic mass is 79.9. The highest BCUT2D eigenvalue weighted by Crippen LogP contribution is 2.46. The minimum Gasteiger partial charge on any atom is -0.496 e. The van der Waals surface area contributed by atoms with Crippen LogP contribution in [-0.4, -0.2) is 19.7 Å². The molecule has 3 aromatic rings. The number of carbonyl (C=O) groups is 1. The largest absolute Gasteiger partial charge is 0.496 e. The summed E-state index contributed by atoms with van der Waals surface area (Å²) in [6.07, 6.45) is 0.815. The van der Waals surface area contributed by atoms with E-state index in [-0.39, 0.29) is 17.2 Å². The molecule has 0 aliphatic carbocycles. The summed E-state index contributed by atoms with van der Waals surface area (Å²) in [5.41, 5.74) is 8.16. The van der Waals surface area contributed by atoms with Crippen LogP contribution in [0.5, 0.6) is 23.0 Å². The van der Waals surface area contributed by atoms with Crippen LogP contribution < -0.4 is 24.7 Å². The Morgan fingerprint density at radius 2 is 1.91 bits per heavy atom. The molecule has 1 aliphatic heterocycles. The molecule has 1 heterocycles. The minimum atomic E-state index is -0.557. The topological polar surface area (TPSA) is 104 Å². The van der Waals surface area contributed by atoms with Crippen LogP contribution in [-0.2, 0) is 0 Å². The van der Waals surface area contributed by atoms with Crippen molar-refractivity contribution in [3.05, 3.63) is 93.3 Å². The fraction of sp³-hybridized carbons (Fsp3) is 0.185. The van der Waals surface area contributed by atoms with E-state index in [1.165, 1.54) is 0 Å². The van der Waals surface area contributed by atoms with Crippen molar-refractivity contribution in [3.8, 4) is 29.1 Å². The van der Waals surface area contributed by atoms with Crippen LogP contribution in [0.3, 0.4) is 0 Å². The lowest BCUT2D eigenvalue weighted by atomic mass is 9.83. The van der Waals surface area contributed by atoms with Gasteiger partial charge in [0.2, 0.25) is 5.88 Å². The number of para-hydroxylation sites is 1. The number of methoxy groups -OCH3 is 1. The van der Waals surface area contributed by atoms with Gasteiger partial charge in [-0.3, -0.25) is 0 Å². The summed E-state index contributed by atoms with van der Waals surface area (Å²) in [5, 5.41) is 9.84. The molecule has 178 valence electrons. The Morgan fingerprint density at radius 3 is 2.66 bits per heavy atom. The molecule has 4 rings (SSSR count). The van der Waals surface area contributed by atoms with Gasteiger partial charge in [-0.05, 0) is 42.8 Å². The number of hydrogen-bond acceptors (Lipinski definition) is 7. The van der Waals surface area contributed by atoms with Crippen LogP contribution in [0.25, 0.3) is 0 Å². The van der Waals surface area contributed by atoms with Crippen LogP contribution in [0.1, 0.15) is 40.7 Å². The first-order chi connectivity index (χ1) is 17.0. The molecule has 7 nitrogen and oxygen atoms in total. The van der Waals surface area contributed by atoms with Crippen molar-refractivity contribution in [2.75, 3.05) is 13.7 Å². The van der Waals surface area contributed by atoms with Gasteiger partial charge in [0, 0.05) is 21.7 Å². The van der Waals surface area contributed by atoms with E-state index < -0.39 is 11.9 Å². The molecule has 1 unspecified atom stereocenters. The maximum absolute atomic E-state index is 12.9. The molecule has 0 fully saturated rings. The SMILES string of the molecule is CCCOc1ccccc1C(=O)Oc1ccc2c(c1)OC(N)=C(C#N)C2c1cc(Br)ccc1OC. The number of nitrogens with two attached hydrogens (primary N) is 1. The molecule has 0 spiro atoms. The summed E-state index contributed by atoms with van der Waals surface area (Å²) in [6, 6.07) is 19.6. The second-order valence-corrected chi connectivity index (χ2v) is 8.66. The zero-order valence-electron chi connectivity index (χ0n) is 19.2. The lowest BCUT2D eigenvalue weighted by Crippen LogP contribution is -2.21. The Labute approximate surface area is 211 Å². The van der Waals surface area contributed by atoms with Crippen LogP contribution in [0.2, 0.25) is 0 Å². The van der Waals surface area contributed by atoms with Crippen LogP contribution in [0.4, 0.5) is 0 Å². The average molecular weight is 535 g/mol. The number of carbonyl (C=O) groups excluding carboxylic acids is 1. The quantitative estimate of drug-likeness (QED) is 0.307. The summed E-state index contributed by atoms with van der Waals surface area (Å²) < 4.78 is 23.4. The predicted octanol–water partition coefficient (Wildman–Crippen LogP) is 5.68. The van der Waals surface area contributed by atoms with Gasteiger partial charge in [-0.1, -0.05) is 41.1 Å². The normalized spacial score (nSPS) is 14.4. The van der Waals surface area contributed by atoms with E-state index in [0.29, 0.717) is 35.0 Å². The van der Waals surface area contributed by atoms with Gasteiger partial charge < -0.3 is 24.7 Å². The number of nitriles is 1. The number of benzene rings is 3. The van der Waals surface area contributed by atoms with Crippen molar-refractivity contribution in [2.24, 2.45) is 5.73 Å². The summed E-state index contributed by atoms with van der Waals surface area (Å²) in [5.74, 6) is 0.616. The molecule has 0 bridgehead atoms. The highest BCUT2D eigenvalue weighted by molar-refractivity contribution is 9.10. The van der Waals surface area contributed by atoms with Gasteiger partial charge in [0.1, 0.15) is 40.2 Å². The van der Waals surface area contributed by atoms with Crippen LogP contribution >= 0.6 is 15.9 Å². The summed E-state index contributed by atoms with van der Waals surface area (Å²) in [4.78, 5) is 12.9. The standard InChI is InChI=1S/C27H23BrN2O5/c1-3-12-33-23-7-5-4-6-19(23)27(31)34-17-9-10-18-24(14-17)35-26(30)21(15-29)25(18)20-13-16(28)8-11-22(20)32-2/h4-11,13-14,25H,3,12,30H2,1-2H3. The molecule has 0 radical (unpaired) electrons. The predicted molar refractivity (Wildman–Crippen MR) is 134 cm³/mol. The third-order valence-electron chi connectivity index (χ3n) is 5.47. The zero-order chi connectivity index (χ0) is 24.9. The lowest BCUT2D eigenvalue weighted by molar-refractivity contribution is 0.0730. The number of esters is 1. The second kappa shape index (κ2) is 10.5. The number of hydrogen-bond donors (Lipinski definition) is 1. The number of fused-ring (bicyclic) bond motifs is 1. The van der Waals surface area contributed by atoms with Gasteiger partial charge in [0.05, 0.1) is 19.6 Å². The first-order valence-electron chi connectivity index (χ1n) is 11.0. The van der Waals surface area contributed by atoms with Crippen molar-refractivity contribution in [1.82, 2.24) is 0 Å². The number of nitrogens with zero attached hydrogens (tertiary/aromatic N) is 1. The summed E-state index contributed by atoms with van der Waals surface area (Å²) in [6.45, 7) is 2.48. The first-order valence-corrected chi connectivity index (χ1v) is 11.7. The van der Waals surface area contributed by atoms with Gasteiger partial charge in [0.15, 0.2) is 0 Å². The summed E-state index contributed by atoms with van der Waals surface area (Å²) >= 11 is 3.49. The molecule has 0 amide bonds. The maximum atomic E-state index is 12.9. The number of rotatable bonds is 7. The van der Waals surface area contributed by atoms with E-state index in [1.807, 2.05) is 25.1 Å². The molecule has 0 aromatic heterocycles. The molecular weight excluding hydrogens is 512 g/mol. The van der Waals surface area contributed by atoms with Crippen molar-refractivity contribution in [1.29, 1.82) is 5.26 Å². The third kappa shape index (κ3) is 4.96. The minimum absolute atomic E-state index is 0.0196. The smallest absolute Gasteiger partial charge is 0.347 e. The van der Waals surface area contributed by atoms with Crippen molar-refractivity contribution < 1.29 is 23.7 Å². The zero-order valence-corrected chi connectivity index (χ0v) is 20.8. The molecule has 35 heavy (non-hydrogen) atoms. The monoisotopic (exact) mass is 534 g/mol. The van der Waals surface area contributed by atoms with Crippen molar-refractivity contribution in [3.63, 3.8) is 0 Å². The van der Waals surface area contributed by atoms with Crippen molar-refractivity contribution in [2.45, 2.75) is 19.3 Å². The van der Waals surface area contributed by atoms with E-state index in [1.54, 1.807) is 49.6 Å². The van der Waals surface area contributed by atoms with E-state index >= 15 is 0 Å². The van der Waals surface area contributed by atoms with Gasteiger partial charge in [0.25, 0.3) is 0 Å². The third-order valence-corrected chi connectivity index (χ3v) is 5.97. The molecule has 8 heteroatoms. The average Bonchev–Trinajstić information content (AvgIpc) is 2.86. The number of halogens is 1. The maximum Gasteiger partial charge on any atom is 0.347 e. The lowest BCUT2D eigenvalue weighted by Gasteiger charge is -2.27. The van der Waals surface area contributed by atoms with Gasteiger partial charge in [-0.15, -0.1) is 0 Å². The number of ether oxygens (including phenoxy) is 4. The van der Waals surface area contributed by atoms with E-state index in [4.69, 9.17) is 24.7 Å². The molecule has 0 saturated heterocycles. The fourth-order valence-electron chi connectivity index (χ4n) is 3.88. The Balaban J connectivity index is 1.70. The first kappa shape index (κ1) is 24.2. The van der Waals surface area contributed by atoms with Gasteiger partial charge in [-0.2, -0.15) is 5.26 Å². The Morgan fingerprint density at radius 1 is 1.11 bits per heavy atom. The molecule has 0 saturated carbocycles. The Kier molecular flexibility index (Phi) is 7.28. The van der Waals surface area contributed by atoms with Crippen LogP contribution in [0, 0.1) is 11.3 Å². The Hall–Kier alpha value is -3.96. The summed E-state index contributed by atoms with van der Waals surface area (Å²) in [7, 11) is 1.57. The molecule has 2 N–H and O–H groups in total. The molecular formula is C27H23BrN2O5. The van der Waals surface area contributed by atoms with E-state index in [0.717, 1.165) is 16.5 Å². The highest BCUT2D eigenvalue weighted by Gasteiger charge is 2.33.